The number of H-pyrrole nitrogens is 1. The summed E-state index contributed by atoms with van der Waals surface area (Å²) in [5.74, 6) is 0.772. The van der Waals surface area contributed by atoms with Crippen molar-refractivity contribution < 1.29 is 0 Å². The van der Waals surface area contributed by atoms with Crippen LogP contribution in [0.5, 0.6) is 0 Å². The summed E-state index contributed by atoms with van der Waals surface area (Å²) in [6, 6.07) is 2.73. The minimum Gasteiger partial charge on any atom is -0.356 e. The third-order valence-electron chi connectivity index (χ3n) is 3.95. The molecular weight excluding hydrogens is 240 g/mol. The van der Waals surface area contributed by atoms with Gasteiger partial charge < -0.3 is 15.2 Å². The second kappa shape index (κ2) is 6.70. The topological polar surface area (TPSA) is 61.0 Å². The van der Waals surface area contributed by atoms with E-state index in [9.17, 15) is 4.79 Å². The van der Waals surface area contributed by atoms with E-state index in [1.54, 1.807) is 6.07 Å². The molecule has 1 fully saturated rings. The van der Waals surface area contributed by atoms with Crippen LogP contribution in [0.15, 0.2) is 17.2 Å². The van der Waals surface area contributed by atoms with Crippen LogP contribution in [0.2, 0.25) is 0 Å². The van der Waals surface area contributed by atoms with E-state index in [-0.39, 0.29) is 5.56 Å². The highest BCUT2D eigenvalue weighted by molar-refractivity contribution is 5.36. The zero-order chi connectivity index (χ0) is 13.7. The average molecular weight is 264 g/mol. The molecule has 5 heteroatoms. The summed E-state index contributed by atoms with van der Waals surface area (Å²) in [5, 5.41) is 3.59. The second-order valence-corrected chi connectivity index (χ2v) is 5.34. The molecule has 0 unspecified atom stereocenters. The summed E-state index contributed by atoms with van der Waals surface area (Å²) >= 11 is 0. The van der Waals surface area contributed by atoms with Crippen molar-refractivity contribution >= 4 is 5.82 Å². The summed E-state index contributed by atoms with van der Waals surface area (Å²) in [6.45, 7) is 3.31. The molecule has 0 aliphatic heterocycles. The van der Waals surface area contributed by atoms with Crippen molar-refractivity contribution in [1.29, 1.82) is 0 Å². The first-order chi connectivity index (χ1) is 9.20. The highest BCUT2D eigenvalue weighted by Crippen LogP contribution is 2.24. The summed E-state index contributed by atoms with van der Waals surface area (Å²) in [6.07, 6.45) is 7.40. The molecule has 0 saturated heterocycles. The molecular formula is C14H24N4O. The molecule has 0 amide bonds. The molecule has 1 heterocycles. The lowest BCUT2D eigenvalue weighted by Gasteiger charge is -2.35. The predicted octanol–water partition coefficient (Wildman–Crippen LogP) is 1.52. The maximum absolute atomic E-state index is 11.3. The van der Waals surface area contributed by atoms with Gasteiger partial charge in [0.05, 0.1) is 6.33 Å². The van der Waals surface area contributed by atoms with Crippen LogP contribution in [0.25, 0.3) is 0 Å². The van der Waals surface area contributed by atoms with Gasteiger partial charge in [0.25, 0.3) is 5.56 Å². The molecule has 1 aromatic heterocycles. The van der Waals surface area contributed by atoms with Gasteiger partial charge in [-0.2, -0.15) is 0 Å². The monoisotopic (exact) mass is 264 g/mol. The number of rotatable bonds is 5. The summed E-state index contributed by atoms with van der Waals surface area (Å²) < 4.78 is 0. The molecule has 2 N–H and O–H groups in total. The fraction of sp³-hybridized carbons (Fsp3) is 0.714. The largest absolute Gasteiger partial charge is 0.356 e. The number of nitrogens with zero attached hydrogens (tertiary/aromatic N) is 2. The molecule has 0 atom stereocenters. The van der Waals surface area contributed by atoms with Gasteiger partial charge in [0, 0.05) is 25.2 Å². The summed E-state index contributed by atoms with van der Waals surface area (Å²) in [5.41, 5.74) is -0.0878. The number of aromatic amines is 1. The van der Waals surface area contributed by atoms with Gasteiger partial charge >= 0.3 is 0 Å². The summed E-state index contributed by atoms with van der Waals surface area (Å²) in [7, 11) is 2.03. The Morgan fingerprint density at radius 2 is 2.16 bits per heavy atom. The van der Waals surface area contributed by atoms with Crippen LogP contribution in [0, 0.1) is 0 Å². The number of aromatic nitrogens is 2. The molecule has 0 spiro atoms. The predicted molar refractivity (Wildman–Crippen MR) is 77.6 cm³/mol. The lowest BCUT2D eigenvalue weighted by molar-refractivity contribution is 0.336. The zero-order valence-electron chi connectivity index (χ0n) is 11.9. The second-order valence-electron chi connectivity index (χ2n) is 5.34. The molecule has 2 rings (SSSR count). The minimum absolute atomic E-state index is 0.0878. The maximum atomic E-state index is 11.3. The van der Waals surface area contributed by atoms with Crippen molar-refractivity contribution in [2.75, 3.05) is 18.5 Å². The van der Waals surface area contributed by atoms with Crippen LogP contribution in [0.4, 0.5) is 5.82 Å². The smallest absolute Gasteiger partial charge is 0.252 e. The fourth-order valence-corrected chi connectivity index (χ4v) is 2.75. The lowest BCUT2D eigenvalue weighted by Crippen LogP contribution is -2.41. The van der Waals surface area contributed by atoms with Gasteiger partial charge in [0.2, 0.25) is 0 Å². The van der Waals surface area contributed by atoms with E-state index < -0.39 is 0 Å². The quantitative estimate of drug-likeness (QED) is 0.846. The molecule has 1 aliphatic carbocycles. The van der Waals surface area contributed by atoms with E-state index in [1.165, 1.54) is 25.6 Å². The number of anilines is 1. The highest BCUT2D eigenvalue weighted by atomic mass is 16.1. The maximum Gasteiger partial charge on any atom is 0.252 e. The third-order valence-corrected chi connectivity index (χ3v) is 3.95. The number of hydrogen-bond donors (Lipinski definition) is 2. The number of hydrogen-bond acceptors (Lipinski definition) is 4. The molecule has 0 aromatic carbocycles. The molecule has 1 aromatic rings. The first kappa shape index (κ1) is 14.1. The molecule has 0 bridgehead atoms. The molecule has 5 nitrogen and oxygen atoms in total. The van der Waals surface area contributed by atoms with E-state index in [0.717, 1.165) is 25.2 Å². The van der Waals surface area contributed by atoms with Crippen molar-refractivity contribution in [3.8, 4) is 0 Å². The Kier molecular flexibility index (Phi) is 4.96. The average Bonchev–Trinajstić information content (AvgIpc) is 2.45. The van der Waals surface area contributed by atoms with Gasteiger partial charge in [-0.3, -0.25) is 4.79 Å². The van der Waals surface area contributed by atoms with Gasteiger partial charge in [-0.25, -0.2) is 4.98 Å². The Hall–Kier alpha value is -1.36. The Labute approximate surface area is 114 Å². The zero-order valence-corrected chi connectivity index (χ0v) is 11.9. The Balaban J connectivity index is 1.89. The van der Waals surface area contributed by atoms with Gasteiger partial charge in [-0.1, -0.05) is 6.92 Å². The van der Waals surface area contributed by atoms with Crippen molar-refractivity contribution in [2.45, 2.75) is 51.1 Å². The Bertz CT molecular complexity index is 437. The van der Waals surface area contributed by atoms with Gasteiger partial charge in [-0.15, -0.1) is 0 Å². The van der Waals surface area contributed by atoms with Crippen molar-refractivity contribution in [3.63, 3.8) is 0 Å². The van der Waals surface area contributed by atoms with E-state index in [1.807, 2.05) is 7.05 Å². The SMILES string of the molecule is CCCNC1CCC(N(C)c2cc(=O)[nH]cn2)CC1. The van der Waals surface area contributed by atoms with Crippen LogP contribution in [-0.2, 0) is 0 Å². The first-order valence-corrected chi connectivity index (χ1v) is 7.21. The van der Waals surface area contributed by atoms with Gasteiger partial charge in [0.15, 0.2) is 0 Å². The molecule has 0 radical (unpaired) electrons. The standard InChI is InChI=1S/C14H24N4O/c1-3-8-15-11-4-6-12(7-5-11)18(2)13-9-14(19)17-10-16-13/h9-12,15H,3-8H2,1-2H3,(H,16,17,19). The lowest BCUT2D eigenvalue weighted by atomic mass is 9.90. The number of nitrogens with one attached hydrogen (secondary N) is 2. The van der Waals surface area contributed by atoms with E-state index in [2.05, 4.69) is 27.1 Å². The minimum atomic E-state index is -0.0878. The van der Waals surface area contributed by atoms with Crippen LogP contribution < -0.4 is 15.8 Å². The summed E-state index contributed by atoms with van der Waals surface area (Å²) in [4.78, 5) is 20.3. The third kappa shape index (κ3) is 3.80. The van der Waals surface area contributed by atoms with Crippen molar-refractivity contribution in [1.82, 2.24) is 15.3 Å². The Morgan fingerprint density at radius 3 is 2.79 bits per heavy atom. The Morgan fingerprint density at radius 1 is 1.42 bits per heavy atom. The van der Waals surface area contributed by atoms with Crippen LogP contribution in [0.1, 0.15) is 39.0 Å². The van der Waals surface area contributed by atoms with Gasteiger partial charge in [0.1, 0.15) is 5.82 Å². The van der Waals surface area contributed by atoms with Crippen molar-refractivity contribution in [3.05, 3.63) is 22.7 Å². The van der Waals surface area contributed by atoms with E-state index in [0.29, 0.717) is 12.1 Å². The van der Waals surface area contributed by atoms with Crippen LogP contribution in [-0.4, -0.2) is 35.6 Å². The van der Waals surface area contributed by atoms with Gasteiger partial charge in [-0.05, 0) is 38.6 Å². The van der Waals surface area contributed by atoms with Crippen LogP contribution in [0.3, 0.4) is 0 Å². The fourth-order valence-electron chi connectivity index (χ4n) is 2.75. The highest BCUT2D eigenvalue weighted by Gasteiger charge is 2.24. The molecule has 1 saturated carbocycles. The molecule has 19 heavy (non-hydrogen) atoms. The van der Waals surface area contributed by atoms with Crippen molar-refractivity contribution in [2.24, 2.45) is 0 Å². The van der Waals surface area contributed by atoms with E-state index in [4.69, 9.17) is 0 Å². The normalized spacial score (nSPS) is 23.3. The molecule has 1 aliphatic rings. The van der Waals surface area contributed by atoms with E-state index >= 15 is 0 Å². The first-order valence-electron chi connectivity index (χ1n) is 7.21. The van der Waals surface area contributed by atoms with Crippen LogP contribution >= 0.6 is 0 Å². The molecule has 106 valence electrons.